The Morgan fingerprint density at radius 1 is 0.781 bits per heavy atom. The van der Waals surface area contributed by atoms with E-state index in [-0.39, 0.29) is 65.4 Å². The fourth-order valence-electron chi connectivity index (χ4n) is 2.56. The molecule has 1 heterocycles. The Balaban J connectivity index is 0. The van der Waals surface area contributed by atoms with Crippen LogP contribution in [0.2, 0.25) is 0 Å². The summed E-state index contributed by atoms with van der Waals surface area (Å²) < 4.78 is 23.9. The van der Waals surface area contributed by atoms with E-state index < -0.39 is 18.3 Å². The predicted molar refractivity (Wildman–Crippen MR) is 111 cm³/mol. The van der Waals surface area contributed by atoms with E-state index >= 15 is 0 Å². The van der Waals surface area contributed by atoms with Crippen molar-refractivity contribution in [3.05, 3.63) is 14.2 Å². The van der Waals surface area contributed by atoms with Crippen LogP contribution in [0.1, 0.15) is 19.3 Å². The summed E-state index contributed by atoms with van der Waals surface area (Å²) in [4.78, 5) is 13.4. The van der Waals surface area contributed by atoms with Crippen molar-refractivity contribution in [2.45, 2.75) is 37.6 Å². The van der Waals surface area contributed by atoms with E-state index in [9.17, 15) is 15.0 Å². The summed E-state index contributed by atoms with van der Waals surface area (Å²) in [5, 5.41) is 36.1. The Kier molecular flexibility index (Phi) is 22.5. The molecule has 0 spiro atoms. The summed E-state index contributed by atoms with van der Waals surface area (Å²) in [6.07, 6.45) is 1.13. The van der Waals surface area contributed by atoms with Crippen molar-refractivity contribution >= 4 is 5.91 Å². The number of carbonyl (C=O) groups is 1. The minimum absolute atomic E-state index is 0. The largest absolute Gasteiger partial charge is 0.553 e. The minimum atomic E-state index is -0.760. The number of hydrogen-bond donors (Lipinski definition) is 4. The maximum atomic E-state index is 11.6. The van der Waals surface area contributed by atoms with Gasteiger partial charge in [-0.3, -0.25) is 4.79 Å². The minimum Gasteiger partial charge on any atom is -0.553 e. The molecule has 0 aromatic carbocycles. The number of piperidine rings is 1. The Morgan fingerprint density at radius 2 is 1.25 bits per heavy atom. The molecule has 3 atom stereocenters. The van der Waals surface area contributed by atoms with E-state index in [1.807, 2.05) is 4.90 Å². The van der Waals surface area contributed by atoms with Gasteiger partial charge in [0.1, 0.15) is 12.7 Å². The van der Waals surface area contributed by atoms with Crippen LogP contribution >= 0.6 is 0 Å². The number of carbonyl (C=O) groups excluding carboxylic acids is 1. The molecule has 1 rings (SSSR count). The molecule has 1 fully saturated rings. The quantitative estimate of drug-likeness (QED) is 0.113. The van der Waals surface area contributed by atoms with Crippen molar-refractivity contribution in [3.8, 4) is 0 Å². The van der Waals surface area contributed by atoms with Crippen LogP contribution in [0.3, 0.4) is 0 Å². The third-order valence-electron chi connectivity index (χ3n) is 4.03. The Morgan fingerprint density at radius 3 is 1.75 bits per heavy atom. The predicted octanol–water partition coefficient (Wildman–Crippen LogP) is -1.27. The summed E-state index contributed by atoms with van der Waals surface area (Å²) in [6, 6.07) is 0. The summed E-state index contributed by atoms with van der Waals surface area (Å²) in [7, 11) is 6.26. The summed E-state index contributed by atoms with van der Waals surface area (Å²) >= 11 is 0. The molecule has 0 aromatic heterocycles. The number of hydrogen-bond acceptors (Lipinski definition) is 10. The van der Waals surface area contributed by atoms with Gasteiger partial charge in [0.05, 0.1) is 51.8 Å². The van der Waals surface area contributed by atoms with Gasteiger partial charge in [-0.25, -0.2) is 14.2 Å². The van der Waals surface area contributed by atoms with Crippen molar-refractivity contribution < 1.29 is 48.9 Å². The Bertz CT molecular complexity index is 416. The van der Waals surface area contributed by atoms with Gasteiger partial charge in [0, 0.05) is 26.3 Å². The molecule has 1 aliphatic heterocycles. The first-order chi connectivity index (χ1) is 14.9. The zero-order valence-electron chi connectivity index (χ0n) is 18.9. The zero-order valence-corrected chi connectivity index (χ0v) is 25.3. The van der Waals surface area contributed by atoms with Gasteiger partial charge in [0.2, 0.25) is 5.91 Å². The van der Waals surface area contributed by atoms with E-state index in [1.165, 1.54) is 6.42 Å². The first-order valence-electron chi connectivity index (χ1n) is 10.3. The topological polar surface area (TPSA) is 147 Å². The molecular formula is C20H39NO10Rf-2. The third-order valence-corrected chi connectivity index (χ3v) is 4.03. The summed E-state index contributed by atoms with van der Waals surface area (Å²) in [6.45, 7) is 2.37. The van der Waals surface area contributed by atoms with Gasteiger partial charge in [0.15, 0.2) is 0 Å². The Hall–Kier alpha value is -1.89. The Labute approximate surface area is 184 Å². The van der Waals surface area contributed by atoms with Crippen LogP contribution in [0.25, 0.3) is 0 Å². The second kappa shape index (κ2) is 22.3. The van der Waals surface area contributed by atoms with Gasteiger partial charge in [-0.05, 0) is 19.3 Å². The third kappa shape index (κ3) is 18.8. The average Bonchev–Trinajstić information content (AvgIpc) is 2.75. The molecule has 4 N–H and O–H groups in total. The molecule has 11 nitrogen and oxygen atoms in total. The summed E-state index contributed by atoms with van der Waals surface area (Å²) in [5.41, 5.74) is 0. The SMILES string of the molecule is [CH2-]OCC(O)COCC(=O)N1CCCCC1.[CH2-]OCC(O)COCC(O)COCCO.[Rf]. The molecule has 0 saturated carbocycles. The molecular weight excluding hydrogens is 681 g/mol. The standard InChI is InChI=1S/C11H20NO4.C9H19O6.Rf/c1-15-7-10(13)8-16-9-11(14)12-5-3-2-4-6-12;1-13-4-8(11)6-15-7-9(12)5-14-3-2-10;/h10,13H,1-9H2;8-12H,1-7H2;/q2*-1;. The van der Waals surface area contributed by atoms with Crippen LogP contribution in [0.4, 0.5) is 0 Å². The smallest absolute Gasteiger partial charge is 0.248 e. The summed E-state index contributed by atoms with van der Waals surface area (Å²) in [5.74, 6) is 0.00226. The van der Waals surface area contributed by atoms with Crippen LogP contribution in [0.15, 0.2) is 0 Å². The maximum absolute atomic E-state index is 11.6. The second-order valence-corrected chi connectivity index (χ2v) is 7.00. The first-order valence-corrected chi connectivity index (χ1v) is 10.3. The van der Waals surface area contributed by atoms with Crippen molar-refractivity contribution in [1.29, 1.82) is 0 Å². The zero-order chi connectivity index (χ0) is 23.3. The van der Waals surface area contributed by atoms with Gasteiger partial charge < -0.3 is 49.0 Å². The van der Waals surface area contributed by atoms with Gasteiger partial charge in [-0.1, -0.05) is 0 Å². The van der Waals surface area contributed by atoms with E-state index in [0.717, 1.165) is 25.9 Å². The molecule has 0 aromatic rings. The molecule has 0 bridgehead atoms. The van der Waals surface area contributed by atoms with Crippen molar-refractivity contribution in [2.24, 2.45) is 0 Å². The number of amides is 1. The van der Waals surface area contributed by atoms with E-state index in [1.54, 1.807) is 0 Å². The average molecular weight is 721 g/mol. The monoisotopic (exact) mass is 720 g/mol. The van der Waals surface area contributed by atoms with Gasteiger partial charge >= 0.3 is 0 Å². The van der Waals surface area contributed by atoms with E-state index in [4.69, 9.17) is 24.4 Å². The van der Waals surface area contributed by atoms with Crippen LogP contribution < -0.4 is 0 Å². The molecule has 32 heavy (non-hydrogen) atoms. The van der Waals surface area contributed by atoms with E-state index in [0.29, 0.717) is 0 Å². The van der Waals surface area contributed by atoms with Crippen LogP contribution in [0, 0.1) is 14.2 Å². The van der Waals surface area contributed by atoms with Crippen LogP contribution in [-0.2, 0) is 28.5 Å². The first kappa shape index (κ1) is 32.3. The normalized spacial score (nSPS) is 16.4. The fraction of sp³-hybridized carbons (Fsp3) is 0.850. The van der Waals surface area contributed by atoms with Crippen molar-refractivity contribution in [3.63, 3.8) is 0 Å². The van der Waals surface area contributed by atoms with Gasteiger partial charge in [-0.15, -0.1) is 0 Å². The van der Waals surface area contributed by atoms with Gasteiger partial charge in [0.25, 0.3) is 0 Å². The molecule has 12 heteroatoms. The molecule has 1 saturated heterocycles. The molecule has 3 unspecified atom stereocenters. The van der Waals surface area contributed by atoms with Crippen molar-refractivity contribution in [2.75, 3.05) is 72.6 Å². The number of rotatable bonds is 16. The number of aliphatic hydroxyl groups excluding tert-OH is 4. The molecule has 0 radical (unpaired) electrons. The second-order valence-electron chi connectivity index (χ2n) is 7.00. The van der Waals surface area contributed by atoms with Crippen LogP contribution in [-0.4, -0.2) is 122 Å². The number of nitrogens with zero attached hydrogens (tertiary/aromatic N) is 1. The number of ether oxygens (including phenoxy) is 5. The van der Waals surface area contributed by atoms with Crippen LogP contribution in [0.5, 0.6) is 0 Å². The molecule has 1 aliphatic rings. The molecule has 188 valence electrons. The number of aliphatic hydroxyl groups is 4. The molecule has 0 aliphatic carbocycles. The number of likely N-dealkylation sites (tertiary alicyclic amines) is 1. The fourth-order valence-corrected chi connectivity index (χ4v) is 2.56. The maximum Gasteiger partial charge on any atom is 0.248 e. The molecule has 1 amide bonds. The van der Waals surface area contributed by atoms with Gasteiger partial charge in [-0.2, -0.15) is 0 Å². The van der Waals surface area contributed by atoms with E-state index in [2.05, 4.69) is 23.7 Å². The van der Waals surface area contributed by atoms with Crippen molar-refractivity contribution in [1.82, 2.24) is 4.90 Å².